The fourth-order valence-electron chi connectivity index (χ4n) is 3.82. The summed E-state index contributed by atoms with van der Waals surface area (Å²) in [5.74, 6) is 0.132. The lowest BCUT2D eigenvalue weighted by molar-refractivity contribution is -0.116. The normalized spacial score (nSPS) is 16.2. The number of rotatable bonds is 7. The lowest BCUT2D eigenvalue weighted by atomic mass is 10.2. The smallest absolute Gasteiger partial charge is 0.251 e. The summed E-state index contributed by atoms with van der Waals surface area (Å²) < 4.78 is 39.1. The van der Waals surface area contributed by atoms with Crippen LogP contribution in [-0.4, -0.2) is 32.6 Å². The van der Waals surface area contributed by atoms with Crippen LogP contribution in [0.25, 0.3) is 0 Å². The summed E-state index contributed by atoms with van der Waals surface area (Å²) in [6.07, 6.45) is 3.78. The molecule has 10 heteroatoms. The summed E-state index contributed by atoms with van der Waals surface area (Å²) in [5.41, 5.74) is 1.06. The Morgan fingerprint density at radius 2 is 1.59 bits per heavy atom. The van der Waals surface area contributed by atoms with E-state index in [1.54, 1.807) is 18.2 Å². The molecule has 1 spiro atoms. The zero-order valence-electron chi connectivity index (χ0n) is 17.6. The van der Waals surface area contributed by atoms with Crippen molar-refractivity contribution < 1.29 is 27.5 Å². The van der Waals surface area contributed by atoms with E-state index < -0.39 is 15.8 Å². The molecule has 0 radical (unpaired) electrons. The summed E-state index contributed by atoms with van der Waals surface area (Å²) in [5, 5.41) is 5.32. The van der Waals surface area contributed by atoms with Crippen molar-refractivity contribution in [3.63, 3.8) is 0 Å². The van der Waals surface area contributed by atoms with Gasteiger partial charge in [-0.2, -0.15) is 0 Å². The van der Waals surface area contributed by atoms with Crippen LogP contribution < -0.4 is 24.8 Å². The van der Waals surface area contributed by atoms with Gasteiger partial charge in [0.1, 0.15) is 0 Å². The van der Waals surface area contributed by atoms with E-state index in [0.717, 1.165) is 25.7 Å². The van der Waals surface area contributed by atoms with Crippen molar-refractivity contribution in [3.05, 3.63) is 42.5 Å². The van der Waals surface area contributed by atoms with Crippen LogP contribution in [0.2, 0.25) is 0 Å². The molecule has 0 unspecified atom stereocenters. The molecular formula is C22H25N3O6S. The molecule has 9 nitrogen and oxygen atoms in total. The number of carbonyl (C=O) groups is 2. The van der Waals surface area contributed by atoms with E-state index >= 15 is 0 Å². The first kappa shape index (κ1) is 22.1. The standard InChI is InChI=1S/C22H25N3O6S/c1-15(26)24-16-4-7-18(8-5-16)32(28,29)23-13-10-21(27)25-17-6-9-19-20(14-17)31-22(30-19)11-2-3-12-22/h4-9,14,23H,2-3,10-13H2,1H3,(H,24,26)(H,25,27). The first-order chi connectivity index (χ1) is 15.2. The first-order valence-electron chi connectivity index (χ1n) is 10.4. The van der Waals surface area contributed by atoms with Crippen LogP contribution in [0.3, 0.4) is 0 Å². The third-order valence-electron chi connectivity index (χ3n) is 5.31. The monoisotopic (exact) mass is 459 g/mol. The van der Waals surface area contributed by atoms with Gasteiger partial charge >= 0.3 is 0 Å². The third kappa shape index (κ3) is 5.03. The van der Waals surface area contributed by atoms with Gasteiger partial charge in [0.05, 0.1) is 4.90 Å². The molecule has 32 heavy (non-hydrogen) atoms. The van der Waals surface area contributed by atoms with Gasteiger partial charge in [-0.05, 0) is 49.2 Å². The Labute approximate surface area is 186 Å². The molecule has 2 aliphatic rings. The average Bonchev–Trinajstić information content (AvgIpc) is 3.33. The maximum Gasteiger partial charge on any atom is 0.251 e. The molecule has 1 heterocycles. The van der Waals surface area contributed by atoms with Gasteiger partial charge in [-0.15, -0.1) is 0 Å². The number of sulfonamides is 1. The zero-order valence-corrected chi connectivity index (χ0v) is 18.5. The predicted octanol–water partition coefficient (Wildman–Crippen LogP) is 2.99. The average molecular weight is 460 g/mol. The molecule has 170 valence electrons. The summed E-state index contributed by atoms with van der Waals surface area (Å²) in [7, 11) is -3.77. The third-order valence-corrected chi connectivity index (χ3v) is 6.79. The maximum atomic E-state index is 12.4. The van der Waals surface area contributed by atoms with Crippen LogP contribution in [0.5, 0.6) is 11.5 Å². The van der Waals surface area contributed by atoms with Crippen molar-refractivity contribution >= 4 is 33.2 Å². The molecule has 0 saturated heterocycles. The Kier molecular flexibility index (Phi) is 6.07. The van der Waals surface area contributed by atoms with E-state index in [-0.39, 0.29) is 29.7 Å². The van der Waals surface area contributed by atoms with Crippen LogP contribution in [0.1, 0.15) is 39.0 Å². The van der Waals surface area contributed by atoms with Gasteiger partial charge in [-0.3, -0.25) is 9.59 Å². The van der Waals surface area contributed by atoms with E-state index in [9.17, 15) is 18.0 Å². The minimum Gasteiger partial charge on any atom is -0.448 e. The van der Waals surface area contributed by atoms with Gasteiger partial charge in [0.15, 0.2) is 11.5 Å². The first-order valence-corrected chi connectivity index (χ1v) is 11.9. The van der Waals surface area contributed by atoms with E-state index in [2.05, 4.69) is 15.4 Å². The SMILES string of the molecule is CC(=O)Nc1ccc(S(=O)(=O)NCCC(=O)Nc2ccc3c(c2)OC2(CCCC2)O3)cc1. The summed E-state index contributed by atoms with van der Waals surface area (Å²) in [6, 6.07) is 11.0. The number of anilines is 2. The van der Waals surface area contributed by atoms with Crippen LogP contribution in [0.15, 0.2) is 47.4 Å². The van der Waals surface area contributed by atoms with Crippen LogP contribution in [0, 0.1) is 0 Å². The Balaban J connectivity index is 1.28. The number of amides is 2. The van der Waals surface area contributed by atoms with Gasteiger partial charge < -0.3 is 20.1 Å². The van der Waals surface area contributed by atoms with Crippen molar-refractivity contribution in [2.24, 2.45) is 0 Å². The Hall–Kier alpha value is -3.11. The maximum absolute atomic E-state index is 12.4. The Bertz CT molecular complexity index is 1120. The number of carbonyl (C=O) groups excluding carboxylic acids is 2. The van der Waals surface area contributed by atoms with Gasteiger partial charge in [0, 0.05) is 50.2 Å². The fraction of sp³-hybridized carbons (Fsp3) is 0.364. The number of nitrogens with one attached hydrogen (secondary N) is 3. The Morgan fingerprint density at radius 1 is 0.938 bits per heavy atom. The lowest BCUT2D eigenvalue weighted by Crippen LogP contribution is -2.34. The minimum atomic E-state index is -3.77. The lowest BCUT2D eigenvalue weighted by Gasteiger charge is -2.21. The second kappa shape index (κ2) is 8.79. The molecule has 2 aromatic rings. The fourth-order valence-corrected chi connectivity index (χ4v) is 4.85. The van der Waals surface area contributed by atoms with Crippen molar-refractivity contribution in [2.45, 2.75) is 49.7 Å². The van der Waals surface area contributed by atoms with E-state index in [0.29, 0.717) is 22.9 Å². The second-order valence-corrected chi connectivity index (χ2v) is 9.65. The zero-order chi connectivity index (χ0) is 22.8. The summed E-state index contributed by atoms with van der Waals surface area (Å²) >= 11 is 0. The predicted molar refractivity (Wildman–Crippen MR) is 118 cm³/mol. The van der Waals surface area contributed by atoms with Crippen LogP contribution in [-0.2, 0) is 19.6 Å². The molecule has 4 rings (SSSR count). The number of ether oxygens (including phenoxy) is 2. The summed E-state index contributed by atoms with van der Waals surface area (Å²) in [4.78, 5) is 23.4. The van der Waals surface area contributed by atoms with Crippen molar-refractivity contribution in [3.8, 4) is 11.5 Å². The van der Waals surface area contributed by atoms with Crippen molar-refractivity contribution in [1.82, 2.24) is 4.72 Å². The highest BCUT2D eigenvalue weighted by Gasteiger charge is 2.44. The van der Waals surface area contributed by atoms with Crippen molar-refractivity contribution in [1.29, 1.82) is 0 Å². The highest BCUT2D eigenvalue weighted by Crippen LogP contribution is 2.47. The molecule has 3 N–H and O–H groups in total. The summed E-state index contributed by atoms with van der Waals surface area (Å²) in [6.45, 7) is 1.31. The largest absolute Gasteiger partial charge is 0.448 e. The number of benzene rings is 2. The highest BCUT2D eigenvalue weighted by molar-refractivity contribution is 7.89. The molecule has 0 bridgehead atoms. The number of fused-ring (bicyclic) bond motifs is 1. The van der Waals surface area contributed by atoms with Crippen LogP contribution in [0.4, 0.5) is 11.4 Å². The number of hydrogen-bond acceptors (Lipinski definition) is 6. The molecule has 1 saturated carbocycles. The number of hydrogen-bond donors (Lipinski definition) is 3. The van der Waals surface area contributed by atoms with E-state index in [1.807, 2.05) is 0 Å². The molecule has 1 fully saturated rings. The molecule has 1 aliphatic heterocycles. The molecule has 0 atom stereocenters. The molecule has 0 aromatic heterocycles. The van der Waals surface area contributed by atoms with Crippen molar-refractivity contribution in [2.75, 3.05) is 17.2 Å². The molecule has 2 amide bonds. The molecule has 2 aromatic carbocycles. The van der Waals surface area contributed by atoms with E-state index in [1.165, 1.54) is 31.2 Å². The molecular weight excluding hydrogens is 434 g/mol. The molecule has 1 aliphatic carbocycles. The van der Waals surface area contributed by atoms with Gasteiger partial charge in [0.2, 0.25) is 21.8 Å². The highest BCUT2D eigenvalue weighted by atomic mass is 32.2. The topological polar surface area (TPSA) is 123 Å². The van der Waals surface area contributed by atoms with Gasteiger partial charge in [-0.25, -0.2) is 13.1 Å². The minimum absolute atomic E-state index is 0.0401. The van der Waals surface area contributed by atoms with Gasteiger partial charge in [0.25, 0.3) is 5.79 Å². The quantitative estimate of drug-likeness (QED) is 0.585. The van der Waals surface area contributed by atoms with Gasteiger partial charge in [-0.1, -0.05) is 0 Å². The van der Waals surface area contributed by atoms with E-state index in [4.69, 9.17) is 9.47 Å². The Morgan fingerprint density at radius 3 is 2.28 bits per heavy atom. The van der Waals surface area contributed by atoms with Crippen LogP contribution >= 0.6 is 0 Å². The second-order valence-electron chi connectivity index (χ2n) is 7.88.